The van der Waals surface area contributed by atoms with Crippen LogP contribution in [0.2, 0.25) is 12.6 Å². The van der Waals surface area contributed by atoms with Gasteiger partial charge in [0.1, 0.15) is 7.28 Å². The molecule has 1 radical (unpaired) electrons. The largest absolute Gasteiger partial charge is 0.110 e. The van der Waals surface area contributed by atoms with E-state index in [1.165, 1.54) is 12.8 Å². The fourth-order valence-electron chi connectivity index (χ4n) is 1.68. The molecule has 0 aromatic rings. The second-order valence-corrected chi connectivity index (χ2v) is 4.83. The lowest BCUT2D eigenvalue weighted by Crippen LogP contribution is -2.22. The van der Waals surface area contributed by atoms with Gasteiger partial charge in [-0.05, 0) is 17.8 Å². The molecule has 0 amide bonds. The third-order valence-electron chi connectivity index (χ3n) is 3.30. The summed E-state index contributed by atoms with van der Waals surface area (Å²) in [4.78, 5) is 0. The van der Waals surface area contributed by atoms with Crippen LogP contribution in [0.25, 0.3) is 0 Å². The standard InChI is InChI=1S/C11H24B/c1-7-9(2)8-11(4,5)10(3)12-6/h9-10H,7-8H2,1-6H3. The molecule has 71 valence electrons. The topological polar surface area (TPSA) is 0 Å². The third-order valence-corrected chi connectivity index (χ3v) is 3.30. The highest BCUT2D eigenvalue weighted by atomic mass is 14.3. The molecular weight excluding hydrogens is 143 g/mol. The van der Waals surface area contributed by atoms with Crippen LogP contribution in [0.1, 0.15) is 47.5 Å². The molecule has 0 rings (SSSR count). The maximum atomic E-state index is 2.38. The fraction of sp³-hybridized carbons (Fsp3) is 1.00. The van der Waals surface area contributed by atoms with Gasteiger partial charge in [-0.1, -0.05) is 53.7 Å². The predicted octanol–water partition coefficient (Wildman–Crippen LogP) is 4.01. The second-order valence-electron chi connectivity index (χ2n) is 4.83. The van der Waals surface area contributed by atoms with E-state index in [0.29, 0.717) is 5.41 Å². The monoisotopic (exact) mass is 167 g/mol. The highest BCUT2D eigenvalue weighted by Gasteiger charge is 2.25. The molecule has 0 nitrogen and oxygen atoms in total. The molecule has 0 heterocycles. The molecule has 0 spiro atoms. The molecule has 0 aromatic carbocycles. The average molecular weight is 167 g/mol. The maximum Gasteiger partial charge on any atom is 0.110 e. The van der Waals surface area contributed by atoms with Crippen molar-refractivity contribution in [3.63, 3.8) is 0 Å². The Labute approximate surface area is 79.4 Å². The zero-order valence-electron chi connectivity index (χ0n) is 9.65. The van der Waals surface area contributed by atoms with Crippen LogP contribution in [0.3, 0.4) is 0 Å². The highest BCUT2D eigenvalue weighted by molar-refractivity contribution is 6.35. The Morgan fingerprint density at radius 1 is 1.25 bits per heavy atom. The first-order chi connectivity index (χ1) is 5.44. The van der Waals surface area contributed by atoms with Crippen molar-refractivity contribution in [3.8, 4) is 0 Å². The van der Waals surface area contributed by atoms with E-state index in [4.69, 9.17) is 0 Å². The first kappa shape index (κ1) is 12.1. The summed E-state index contributed by atoms with van der Waals surface area (Å²) in [5.41, 5.74) is 0.476. The van der Waals surface area contributed by atoms with Gasteiger partial charge < -0.3 is 0 Å². The van der Waals surface area contributed by atoms with Crippen LogP contribution in [-0.4, -0.2) is 7.28 Å². The summed E-state index contributed by atoms with van der Waals surface area (Å²) in [6, 6.07) is 0. The van der Waals surface area contributed by atoms with Crippen molar-refractivity contribution in [3.05, 3.63) is 0 Å². The van der Waals surface area contributed by atoms with Gasteiger partial charge in [0, 0.05) is 0 Å². The van der Waals surface area contributed by atoms with E-state index >= 15 is 0 Å². The minimum Gasteiger partial charge on any atom is -0.0917 e. The number of hydrogen-bond acceptors (Lipinski definition) is 0. The maximum absolute atomic E-state index is 2.38. The van der Waals surface area contributed by atoms with Crippen LogP contribution in [0, 0.1) is 11.3 Å². The highest BCUT2D eigenvalue weighted by Crippen LogP contribution is 2.37. The smallest absolute Gasteiger partial charge is 0.0917 e. The van der Waals surface area contributed by atoms with E-state index in [-0.39, 0.29) is 0 Å². The average Bonchev–Trinajstić information content (AvgIpc) is 2.02. The minimum absolute atomic E-state index is 0.476. The molecule has 0 saturated carbocycles. The van der Waals surface area contributed by atoms with Gasteiger partial charge in [-0.25, -0.2) is 0 Å². The summed E-state index contributed by atoms with van der Waals surface area (Å²) in [5.74, 6) is 1.59. The Hall–Kier alpha value is 0.0649. The second kappa shape index (κ2) is 4.94. The molecule has 0 aliphatic rings. The van der Waals surface area contributed by atoms with Crippen LogP contribution in [-0.2, 0) is 0 Å². The molecule has 0 aliphatic heterocycles. The summed E-state index contributed by atoms with van der Waals surface area (Å²) in [5, 5.41) is 0. The van der Waals surface area contributed by atoms with Crippen LogP contribution < -0.4 is 0 Å². The molecular formula is C11H24B. The van der Waals surface area contributed by atoms with Gasteiger partial charge in [-0.15, -0.1) is 0 Å². The lowest BCUT2D eigenvalue weighted by molar-refractivity contribution is 0.262. The van der Waals surface area contributed by atoms with Crippen LogP contribution in [0.4, 0.5) is 0 Å². The number of rotatable bonds is 5. The molecule has 0 bridgehead atoms. The molecule has 0 saturated heterocycles. The quantitative estimate of drug-likeness (QED) is 0.542. The van der Waals surface area contributed by atoms with Gasteiger partial charge in [0.25, 0.3) is 0 Å². The van der Waals surface area contributed by atoms with E-state index in [1.807, 2.05) is 0 Å². The lowest BCUT2D eigenvalue weighted by Gasteiger charge is -2.33. The Balaban J connectivity index is 4.02. The Kier molecular flexibility index (Phi) is 4.97. The normalized spacial score (nSPS) is 17.2. The zero-order chi connectivity index (χ0) is 9.78. The van der Waals surface area contributed by atoms with E-state index in [1.54, 1.807) is 0 Å². The van der Waals surface area contributed by atoms with Gasteiger partial charge in [0.2, 0.25) is 0 Å². The molecule has 1 heteroatoms. The van der Waals surface area contributed by atoms with E-state index in [2.05, 4.69) is 48.7 Å². The van der Waals surface area contributed by atoms with Crippen molar-refractivity contribution in [2.75, 3.05) is 0 Å². The van der Waals surface area contributed by atoms with E-state index in [9.17, 15) is 0 Å². The molecule has 0 N–H and O–H groups in total. The first-order valence-corrected chi connectivity index (χ1v) is 5.23. The van der Waals surface area contributed by atoms with Crippen molar-refractivity contribution >= 4 is 7.28 Å². The van der Waals surface area contributed by atoms with Crippen molar-refractivity contribution in [1.29, 1.82) is 0 Å². The summed E-state index contributed by atoms with van der Waals surface area (Å²) >= 11 is 0. The number of hydrogen-bond donors (Lipinski definition) is 0. The molecule has 2 unspecified atom stereocenters. The molecule has 12 heavy (non-hydrogen) atoms. The molecule has 0 aliphatic carbocycles. The summed E-state index contributed by atoms with van der Waals surface area (Å²) in [7, 11) is 2.32. The van der Waals surface area contributed by atoms with Gasteiger partial charge >= 0.3 is 0 Å². The summed E-state index contributed by atoms with van der Waals surface area (Å²) in [6.45, 7) is 13.9. The van der Waals surface area contributed by atoms with Crippen molar-refractivity contribution in [2.24, 2.45) is 11.3 Å². The Morgan fingerprint density at radius 3 is 2.08 bits per heavy atom. The zero-order valence-corrected chi connectivity index (χ0v) is 9.65. The SMILES string of the molecule is C[B]C(C)C(C)(C)CC(C)CC. The molecule has 0 aromatic heterocycles. The van der Waals surface area contributed by atoms with Crippen LogP contribution in [0.5, 0.6) is 0 Å². The van der Waals surface area contributed by atoms with Gasteiger partial charge in [-0.3, -0.25) is 0 Å². The first-order valence-electron chi connectivity index (χ1n) is 5.23. The van der Waals surface area contributed by atoms with Gasteiger partial charge in [0.05, 0.1) is 0 Å². The molecule has 2 atom stereocenters. The third kappa shape index (κ3) is 3.64. The van der Waals surface area contributed by atoms with Crippen molar-refractivity contribution < 1.29 is 0 Å². The van der Waals surface area contributed by atoms with Gasteiger partial charge in [-0.2, -0.15) is 0 Å². The summed E-state index contributed by atoms with van der Waals surface area (Å²) < 4.78 is 0. The van der Waals surface area contributed by atoms with E-state index in [0.717, 1.165) is 11.7 Å². The lowest BCUT2D eigenvalue weighted by atomic mass is 9.55. The molecule has 0 fully saturated rings. The predicted molar refractivity (Wildman–Crippen MR) is 58.9 cm³/mol. The van der Waals surface area contributed by atoms with E-state index < -0.39 is 0 Å². The summed E-state index contributed by atoms with van der Waals surface area (Å²) in [6.07, 6.45) is 2.65. The Morgan fingerprint density at radius 2 is 1.75 bits per heavy atom. The van der Waals surface area contributed by atoms with Crippen molar-refractivity contribution in [1.82, 2.24) is 0 Å². The Bertz CT molecular complexity index is 118. The van der Waals surface area contributed by atoms with Crippen LogP contribution >= 0.6 is 0 Å². The van der Waals surface area contributed by atoms with Crippen molar-refractivity contribution in [2.45, 2.75) is 60.1 Å². The minimum atomic E-state index is 0.476. The van der Waals surface area contributed by atoms with Gasteiger partial charge in [0.15, 0.2) is 0 Å². The fourth-order valence-corrected chi connectivity index (χ4v) is 1.68. The van der Waals surface area contributed by atoms with Crippen LogP contribution in [0.15, 0.2) is 0 Å².